The third-order valence-electron chi connectivity index (χ3n) is 2.94. The summed E-state index contributed by atoms with van der Waals surface area (Å²) < 4.78 is 5.12. The quantitative estimate of drug-likeness (QED) is 0.783. The smallest absolute Gasteiger partial charge is 0.321 e. The zero-order valence-corrected chi connectivity index (χ0v) is 11.2. The molecule has 0 saturated carbocycles. The van der Waals surface area contributed by atoms with Crippen molar-refractivity contribution in [1.29, 1.82) is 0 Å². The van der Waals surface area contributed by atoms with E-state index in [9.17, 15) is 0 Å². The molecule has 0 spiro atoms. The largest absolute Gasteiger partial charge is 0.467 e. The molecule has 0 bridgehead atoms. The number of fused-ring (bicyclic) bond motifs is 1. The molecule has 0 aliphatic rings. The average Bonchev–Trinajstić information content (AvgIpc) is 2.53. The van der Waals surface area contributed by atoms with Gasteiger partial charge in [-0.1, -0.05) is 18.2 Å². The van der Waals surface area contributed by atoms with Gasteiger partial charge in [-0.05, 0) is 11.5 Å². The van der Waals surface area contributed by atoms with E-state index in [1.807, 2.05) is 30.5 Å². The molecule has 0 fully saturated rings. The predicted molar refractivity (Wildman–Crippen MR) is 76.7 cm³/mol. The highest BCUT2D eigenvalue weighted by Crippen LogP contribution is 2.26. The molecule has 0 amide bonds. The highest BCUT2D eigenvalue weighted by Gasteiger charge is 2.10. The van der Waals surface area contributed by atoms with Gasteiger partial charge in [0.1, 0.15) is 0 Å². The molecule has 20 heavy (non-hydrogen) atoms. The van der Waals surface area contributed by atoms with E-state index >= 15 is 0 Å². The van der Waals surface area contributed by atoms with E-state index in [0.29, 0.717) is 11.8 Å². The Bertz CT molecular complexity index is 732. The van der Waals surface area contributed by atoms with E-state index in [-0.39, 0.29) is 6.01 Å². The number of pyridine rings is 1. The van der Waals surface area contributed by atoms with E-state index in [1.54, 1.807) is 13.2 Å². The second-order valence-corrected chi connectivity index (χ2v) is 4.12. The summed E-state index contributed by atoms with van der Waals surface area (Å²) in [5.74, 6) is 1.04. The minimum Gasteiger partial charge on any atom is -0.467 e. The van der Waals surface area contributed by atoms with Crippen molar-refractivity contribution < 1.29 is 4.74 Å². The summed E-state index contributed by atoms with van der Waals surface area (Å²) in [6, 6.07) is 8.15. The van der Waals surface area contributed by atoms with Crippen molar-refractivity contribution in [3.8, 4) is 17.4 Å². The maximum absolute atomic E-state index is 5.12. The molecular formula is C14H13N5O. The molecule has 3 rings (SSSR count). The summed E-state index contributed by atoms with van der Waals surface area (Å²) in [5, 5.41) is 4.98. The number of ether oxygens (including phenoxy) is 1. The zero-order valence-electron chi connectivity index (χ0n) is 11.2. The van der Waals surface area contributed by atoms with Crippen LogP contribution in [0.25, 0.3) is 22.2 Å². The Balaban J connectivity index is 2.25. The summed E-state index contributed by atoms with van der Waals surface area (Å²) in [6.45, 7) is 0. The first-order valence-corrected chi connectivity index (χ1v) is 6.13. The van der Waals surface area contributed by atoms with Gasteiger partial charge in [0.15, 0.2) is 5.82 Å². The Morgan fingerprint density at radius 3 is 2.80 bits per heavy atom. The second-order valence-electron chi connectivity index (χ2n) is 4.12. The van der Waals surface area contributed by atoms with Crippen LogP contribution in [-0.2, 0) is 0 Å². The minimum atomic E-state index is 0.283. The number of nitrogens with zero attached hydrogens (tertiary/aromatic N) is 4. The van der Waals surface area contributed by atoms with Crippen LogP contribution in [0.3, 0.4) is 0 Å². The zero-order chi connectivity index (χ0) is 13.9. The molecule has 0 aliphatic heterocycles. The van der Waals surface area contributed by atoms with Crippen LogP contribution >= 0.6 is 0 Å². The molecule has 2 heterocycles. The number of nitrogens with one attached hydrogen (secondary N) is 1. The van der Waals surface area contributed by atoms with E-state index in [1.165, 1.54) is 7.11 Å². The molecular weight excluding hydrogens is 254 g/mol. The summed E-state index contributed by atoms with van der Waals surface area (Å²) >= 11 is 0. The Labute approximate surface area is 115 Å². The fourth-order valence-corrected chi connectivity index (χ4v) is 2.00. The lowest BCUT2D eigenvalue weighted by molar-refractivity contribution is 0.379. The van der Waals surface area contributed by atoms with Crippen molar-refractivity contribution in [2.24, 2.45) is 0 Å². The van der Waals surface area contributed by atoms with Crippen LogP contribution < -0.4 is 10.1 Å². The van der Waals surface area contributed by atoms with Crippen LogP contribution in [0.1, 0.15) is 0 Å². The summed E-state index contributed by atoms with van der Waals surface area (Å²) in [6.07, 6.45) is 3.57. The maximum atomic E-state index is 5.12. The third-order valence-corrected chi connectivity index (χ3v) is 2.94. The first kappa shape index (κ1) is 12.3. The van der Waals surface area contributed by atoms with Gasteiger partial charge in [0.2, 0.25) is 5.95 Å². The van der Waals surface area contributed by atoms with Gasteiger partial charge in [0, 0.05) is 30.4 Å². The number of anilines is 1. The first-order chi connectivity index (χ1) is 9.81. The molecule has 1 aromatic carbocycles. The molecule has 6 heteroatoms. The standard InChI is InChI=1S/C14H13N5O/c1-15-13-17-12(18-14(19-13)20-2)11-5-3-4-9-8-16-7-6-10(9)11/h3-8H,1-2H3,(H,15,17,18,19). The van der Waals surface area contributed by atoms with E-state index in [2.05, 4.69) is 25.3 Å². The Kier molecular flexibility index (Phi) is 3.12. The molecule has 0 radical (unpaired) electrons. The number of benzene rings is 1. The topological polar surface area (TPSA) is 72.8 Å². The highest BCUT2D eigenvalue weighted by atomic mass is 16.5. The van der Waals surface area contributed by atoms with Crippen molar-refractivity contribution in [3.05, 3.63) is 36.7 Å². The van der Waals surface area contributed by atoms with Crippen molar-refractivity contribution in [1.82, 2.24) is 19.9 Å². The maximum Gasteiger partial charge on any atom is 0.321 e. The number of hydrogen-bond acceptors (Lipinski definition) is 6. The number of methoxy groups -OCH3 is 1. The summed E-state index contributed by atoms with van der Waals surface area (Å²) in [7, 11) is 3.29. The molecule has 1 N–H and O–H groups in total. The van der Waals surface area contributed by atoms with Gasteiger partial charge in [0.05, 0.1) is 7.11 Å². The molecule has 0 saturated heterocycles. The van der Waals surface area contributed by atoms with Gasteiger partial charge >= 0.3 is 6.01 Å². The van der Waals surface area contributed by atoms with Gasteiger partial charge in [-0.25, -0.2) is 0 Å². The van der Waals surface area contributed by atoms with Gasteiger partial charge in [-0.2, -0.15) is 15.0 Å². The average molecular weight is 267 g/mol. The van der Waals surface area contributed by atoms with Gasteiger partial charge in [0.25, 0.3) is 0 Å². The summed E-state index contributed by atoms with van der Waals surface area (Å²) in [5.41, 5.74) is 0.919. The van der Waals surface area contributed by atoms with Crippen LogP contribution in [0.15, 0.2) is 36.7 Å². The molecule has 2 aromatic heterocycles. The first-order valence-electron chi connectivity index (χ1n) is 6.13. The Morgan fingerprint density at radius 2 is 2.00 bits per heavy atom. The predicted octanol–water partition coefficient (Wildman–Crippen LogP) is 2.14. The molecule has 0 aliphatic carbocycles. The summed E-state index contributed by atoms with van der Waals surface area (Å²) in [4.78, 5) is 16.9. The van der Waals surface area contributed by atoms with Gasteiger partial charge in [-0.15, -0.1) is 0 Å². The van der Waals surface area contributed by atoms with Crippen LogP contribution in [0.5, 0.6) is 6.01 Å². The molecule has 6 nitrogen and oxygen atoms in total. The van der Waals surface area contributed by atoms with Crippen LogP contribution in [-0.4, -0.2) is 34.1 Å². The van der Waals surface area contributed by atoms with Crippen molar-refractivity contribution in [2.75, 3.05) is 19.5 Å². The number of hydrogen-bond donors (Lipinski definition) is 1. The van der Waals surface area contributed by atoms with Crippen molar-refractivity contribution >= 4 is 16.7 Å². The lowest BCUT2D eigenvalue weighted by atomic mass is 10.1. The van der Waals surface area contributed by atoms with Crippen LogP contribution in [0.2, 0.25) is 0 Å². The van der Waals surface area contributed by atoms with Gasteiger partial charge < -0.3 is 10.1 Å². The third kappa shape index (κ3) is 2.11. The van der Waals surface area contributed by atoms with Gasteiger partial charge in [-0.3, -0.25) is 4.98 Å². The normalized spacial score (nSPS) is 10.5. The second kappa shape index (κ2) is 5.08. The monoisotopic (exact) mass is 267 g/mol. The van der Waals surface area contributed by atoms with E-state index < -0.39 is 0 Å². The highest BCUT2D eigenvalue weighted by molar-refractivity contribution is 5.94. The lowest BCUT2D eigenvalue weighted by Gasteiger charge is -2.08. The SMILES string of the molecule is CNc1nc(OC)nc(-c2cccc3cnccc23)n1. The van der Waals surface area contributed by atoms with Crippen molar-refractivity contribution in [2.45, 2.75) is 0 Å². The Hall–Kier alpha value is -2.76. The van der Waals surface area contributed by atoms with Crippen LogP contribution in [0, 0.1) is 0 Å². The number of aromatic nitrogens is 4. The van der Waals surface area contributed by atoms with Crippen molar-refractivity contribution in [3.63, 3.8) is 0 Å². The van der Waals surface area contributed by atoms with Crippen LogP contribution in [0.4, 0.5) is 5.95 Å². The fraction of sp³-hybridized carbons (Fsp3) is 0.143. The lowest BCUT2D eigenvalue weighted by Crippen LogP contribution is -2.03. The minimum absolute atomic E-state index is 0.283. The van der Waals surface area contributed by atoms with E-state index in [0.717, 1.165) is 16.3 Å². The molecule has 0 unspecified atom stereocenters. The molecule has 100 valence electrons. The van der Waals surface area contributed by atoms with E-state index in [4.69, 9.17) is 4.74 Å². The Morgan fingerprint density at radius 1 is 1.10 bits per heavy atom. The number of rotatable bonds is 3. The molecule has 3 aromatic rings. The molecule has 0 atom stereocenters. The fourth-order valence-electron chi connectivity index (χ4n) is 2.00.